The fraction of sp³-hybridized carbons (Fsp3) is 0.969. The minimum absolute atomic E-state index is 0.0113. The van der Waals surface area contributed by atoms with Crippen LogP contribution in [0.4, 0.5) is 0 Å². The van der Waals surface area contributed by atoms with Gasteiger partial charge < -0.3 is 19.4 Å². The van der Waals surface area contributed by atoms with Crippen molar-refractivity contribution >= 4 is 11.9 Å². The number of nitrogens with zero attached hydrogens (tertiary/aromatic N) is 4. The van der Waals surface area contributed by atoms with Crippen molar-refractivity contribution in [2.75, 3.05) is 78.6 Å². The van der Waals surface area contributed by atoms with Gasteiger partial charge in [-0.1, -0.05) is 259 Å². The molecular weight excluding hydrogens is 885 g/mol. The zero-order valence-electron chi connectivity index (χ0n) is 49.9. The summed E-state index contributed by atoms with van der Waals surface area (Å²) in [6.07, 6.45) is 58.4. The maximum atomic E-state index is 14.3. The first-order valence-electron chi connectivity index (χ1n) is 33.1. The number of rotatable bonds is 57. The van der Waals surface area contributed by atoms with Crippen LogP contribution in [0.25, 0.3) is 0 Å². The number of unbranched alkanes of at least 4 members (excludes halogenated alkanes) is 35. The Bertz CT molecular complexity index is 1100. The summed E-state index contributed by atoms with van der Waals surface area (Å²) in [4.78, 5) is 37.3. The molecule has 1 heterocycles. The second kappa shape index (κ2) is 54.6. The largest absolute Gasteiger partial charge is 0.466 e. The van der Waals surface area contributed by atoms with Gasteiger partial charge in [0.25, 0.3) is 0 Å². The van der Waals surface area contributed by atoms with E-state index in [9.17, 15) is 9.59 Å². The van der Waals surface area contributed by atoms with Crippen molar-refractivity contribution in [1.29, 1.82) is 0 Å². The molecule has 1 aliphatic rings. The van der Waals surface area contributed by atoms with E-state index in [0.717, 1.165) is 78.0 Å². The van der Waals surface area contributed by atoms with Crippen molar-refractivity contribution < 1.29 is 14.3 Å². The molecule has 1 atom stereocenters. The maximum Gasteiger partial charge on any atom is 0.305 e. The zero-order valence-corrected chi connectivity index (χ0v) is 49.9. The van der Waals surface area contributed by atoms with E-state index in [-0.39, 0.29) is 5.97 Å². The summed E-state index contributed by atoms with van der Waals surface area (Å²) < 4.78 is 5.68. The first-order valence-corrected chi connectivity index (χ1v) is 33.1. The molecule has 428 valence electrons. The van der Waals surface area contributed by atoms with Crippen molar-refractivity contribution in [1.82, 2.24) is 19.6 Å². The molecule has 0 aromatic carbocycles. The van der Waals surface area contributed by atoms with E-state index in [1.165, 1.54) is 270 Å². The molecule has 1 aliphatic heterocycles. The SMILES string of the molecule is CCCCCCCCCCCCCCN(CCCC(=O)OCCCCCCCCC)CCC1CCCN(C(=O)CN(CCCCCCCCC)CCN(CCCCCCCCC)CCCCCCCCC)C1. The van der Waals surface area contributed by atoms with Crippen LogP contribution in [0.15, 0.2) is 0 Å². The normalized spacial score (nSPS) is 14.2. The van der Waals surface area contributed by atoms with Gasteiger partial charge in [-0.05, 0) is 103 Å². The van der Waals surface area contributed by atoms with Crippen molar-refractivity contribution in [3.05, 3.63) is 0 Å². The molecule has 0 N–H and O–H groups in total. The minimum Gasteiger partial charge on any atom is -0.466 e. The Morgan fingerprint density at radius 3 is 1.14 bits per heavy atom. The summed E-state index contributed by atoms with van der Waals surface area (Å²) in [6, 6.07) is 0. The number of ether oxygens (including phenoxy) is 1. The van der Waals surface area contributed by atoms with Crippen LogP contribution in [-0.2, 0) is 14.3 Å². The number of carbonyl (C=O) groups excluding carboxylic acids is 2. The van der Waals surface area contributed by atoms with E-state index >= 15 is 0 Å². The third kappa shape index (κ3) is 45.1. The topological polar surface area (TPSA) is 56.3 Å². The third-order valence-electron chi connectivity index (χ3n) is 16.2. The number of amides is 1. The van der Waals surface area contributed by atoms with E-state index < -0.39 is 0 Å². The Morgan fingerprint density at radius 1 is 0.389 bits per heavy atom. The highest BCUT2D eigenvalue weighted by atomic mass is 16.5. The lowest BCUT2D eigenvalue weighted by Crippen LogP contribution is -2.47. The fourth-order valence-corrected chi connectivity index (χ4v) is 11.2. The fourth-order valence-electron chi connectivity index (χ4n) is 11.2. The molecule has 7 nitrogen and oxygen atoms in total. The highest BCUT2D eigenvalue weighted by Crippen LogP contribution is 2.22. The van der Waals surface area contributed by atoms with Gasteiger partial charge in [0, 0.05) is 32.6 Å². The molecule has 1 fully saturated rings. The predicted octanol–water partition coefficient (Wildman–Crippen LogP) is 18.5. The molecule has 1 saturated heterocycles. The first kappa shape index (κ1) is 68.8. The zero-order chi connectivity index (χ0) is 52.1. The molecule has 0 radical (unpaired) electrons. The Kier molecular flexibility index (Phi) is 52.2. The van der Waals surface area contributed by atoms with Crippen LogP contribution in [0.3, 0.4) is 0 Å². The quantitative estimate of drug-likeness (QED) is 0.0447. The van der Waals surface area contributed by atoms with Crippen LogP contribution in [0.1, 0.15) is 324 Å². The van der Waals surface area contributed by atoms with Crippen molar-refractivity contribution in [3.63, 3.8) is 0 Å². The van der Waals surface area contributed by atoms with Gasteiger partial charge >= 0.3 is 5.97 Å². The molecule has 7 heteroatoms. The van der Waals surface area contributed by atoms with Crippen LogP contribution < -0.4 is 0 Å². The van der Waals surface area contributed by atoms with Gasteiger partial charge in [0.2, 0.25) is 5.91 Å². The molecule has 0 saturated carbocycles. The molecule has 1 rings (SSSR count). The van der Waals surface area contributed by atoms with E-state index in [4.69, 9.17) is 4.74 Å². The van der Waals surface area contributed by atoms with Gasteiger partial charge in [-0.25, -0.2) is 0 Å². The molecule has 1 amide bonds. The van der Waals surface area contributed by atoms with Crippen molar-refractivity contribution in [2.24, 2.45) is 5.92 Å². The Hall–Kier alpha value is -1.18. The van der Waals surface area contributed by atoms with Crippen LogP contribution in [-0.4, -0.2) is 110 Å². The summed E-state index contributed by atoms with van der Waals surface area (Å²) in [7, 11) is 0. The number of esters is 1. The molecule has 1 unspecified atom stereocenters. The maximum absolute atomic E-state index is 14.3. The van der Waals surface area contributed by atoms with Gasteiger partial charge in [-0.3, -0.25) is 14.5 Å². The summed E-state index contributed by atoms with van der Waals surface area (Å²) in [6.45, 7) is 23.3. The second-order valence-corrected chi connectivity index (χ2v) is 23.3. The van der Waals surface area contributed by atoms with Crippen LogP contribution in [0, 0.1) is 5.92 Å². The van der Waals surface area contributed by atoms with E-state index in [1.807, 2.05) is 0 Å². The Labute approximate surface area is 452 Å². The highest BCUT2D eigenvalue weighted by molar-refractivity contribution is 5.78. The summed E-state index contributed by atoms with van der Waals surface area (Å²) >= 11 is 0. The van der Waals surface area contributed by atoms with Crippen molar-refractivity contribution in [3.8, 4) is 0 Å². The molecule has 0 aromatic rings. The van der Waals surface area contributed by atoms with Gasteiger partial charge in [0.15, 0.2) is 0 Å². The lowest BCUT2D eigenvalue weighted by molar-refractivity contribution is -0.144. The van der Waals surface area contributed by atoms with E-state index in [0.29, 0.717) is 31.4 Å². The van der Waals surface area contributed by atoms with Gasteiger partial charge in [-0.2, -0.15) is 0 Å². The van der Waals surface area contributed by atoms with Crippen LogP contribution in [0.2, 0.25) is 0 Å². The Morgan fingerprint density at radius 2 is 0.722 bits per heavy atom. The standard InChI is InChI=1S/C65H130N4O3/c1-6-11-16-21-26-27-28-29-30-34-38-41-51-66(55-47-49-65(71)72-60-45-40-35-25-20-15-10-5)57-50-63-48-46-56-69(61-63)64(70)62-68(54-44-39-33-24-19-14-9-4)59-58-67(52-42-36-31-22-17-12-7-2)53-43-37-32-23-18-13-8-3/h63H,6-62H2,1-5H3. The lowest BCUT2D eigenvalue weighted by Gasteiger charge is -2.36. The second-order valence-electron chi connectivity index (χ2n) is 23.3. The average molecular weight is 1020 g/mol. The molecule has 72 heavy (non-hydrogen) atoms. The van der Waals surface area contributed by atoms with Crippen molar-refractivity contribution in [2.45, 2.75) is 324 Å². The van der Waals surface area contributed by atoms with E-state index in [1.54, 1.807) is 0 Å². The summed E-state index contributed by atoms with van der Waals surface area (Å²) in [5.41, 5.74) is 0. The third-order valence-corrected chi connectivity index (χ3v) is 16.2. The monoisotopic (exact) mass is 1020 g/mol. The molecular formula is C65H130N4O3. The molecule has 0 aromatic heterocycles. The van der Waals surface area contributed by atoms with Gasteiger partial charge in [-0.15, -0.1) is 0 Å². The number of carbonyl (C=O) groups is 2. The van der Waals surface area contributed by atoms with Crippen LogP contribution in [0.5, 0.6) is 0 Å². The first-order chi connectivity index (χ1) is 35.5. The smallest absolute Gasteiger partial charge is 0.305 e. The lowest BCUT2D eigenvalue weighted by atomic mass is 9.94. The predicted molar refractivity (Wildman–Crippen MR) is 316 cm³/mol. The molecule has 0 spiro atoms. The van der Waals surface area contributed by atoms with Crippen LogP contribution >= 0.6 is 0 Å². The summed E-state index contributed by atoms with van der Waals surface area (Å²) in [5.74, 6) is 0.926. The number of hydrogen-bond acceptors (Lipinski definition) is 6. The van der Waals surface area contributed by atoms with E-state index in [2.05, 4.69) is 54.2 Å². The average Bonchev–Trinajstić information content (AvgIpc) is 3.39. The minimum atomic E-state index is -0.0113. The molecule has 0 aliphatic carbocycles. The van der Waals surface area contributed by atoms with Gasteiger partial charge in [0.1, 0.15) is 0 Å². The Balaban J connectivity index is 2.82. The number of likely N-dealkylation sites (tertiary alicyclic amines) is 1. The van der Waals surface area contributed by atoms with Gasteiger partial charge in [0.05, 0.1) is 13.2 Å². The number of piperidine rings is 1. The molecule has 0 bridgehead atoms. The highest BCUT2D eigenvalue weighted by Gasteiger charge is 2.26. The summed E-state index contributed by atoms with van der Waals surface area (Å²) in [5, 5.41) is 0. The number of hydrogen-bond donors (Lipinski definition) is 0.